The second kappa shape index (κ2) is 7.27. The van der Waals surface area contributed by atoms with E-state index in [9.17, 15) is 9.59 Å². The number of carbonyl (C=O) groups excluding carboxylic acids is 2. The number of ether oxygens (including phenoxy) is 1. The smallest absolute Gasteiger partial charge is 0.260 e. The number of benzene rings is 1. The van der Waals surface area contributed by atoms with Gasteiger partial charge in [0.25, 0.3) is 5.91 Å². The van der Waals surface area contributed by atoms with Crippen LogP contribution in [-0.2, 0) is 9.59 Å². The van der Waals surface area contributed by atoms with Crippen molar-refractivity contribution in [2.24, 2.45) is 11.7 Å². The van der Waals surface area contributed by atoms with Gasteiger partial charge in [-0.3, -0.25) is 14.6 Å². The minimum Gasteiger partial charge on any atom is -0.481 e. The molecule has 1 saturated heterocycles. The van der Waals surface area contributed by atoms with Crippen LogP contribution < -0.4 is 10.5 Å². The summed E-state index contributed by atoms with van der Waals surface area (Å²) in [4.78, 5) is 29.9. The summed E-state index contributed by atoms with van der Waals surface area (Å²) >= 11 is 6.16. The Labute approximate surface area is 150 Å². The van der Waals surface area contributed by atoms with Gasteiger partial charge in [0.1, 0.15) is 11.3 Å². The van der Waals surface area contributed by atoms with Gasteiger partial charge in [0.2, 0.25) is 5.91 Å². The number of amides is 2. The zero-order valence-corrected chi connectivity index (χ0v) is 14.7. The average Bonchev–Trinajstić information content (AvgIpc) is 2.61. The fourth-order valence-corrected chi connectivity index (χ4v) is 3.35. The standard InChI is InChI=1S/C18H20ClN3O3/c1-11-4-5-12(18(20)24)9-22(11)16(23)10-25-15-7-6-14(19)13-3-2-8-21-17(13)15/h2-3,6-8,11-12H,4-5,9-10H2,1H3,(H2,20,24)/t11-,12-/m0/s1. The number of piperidine rings is 1. The van der Waals surface area contributed by atoms with Crippen molar-refractivity contribution in [3.05, 3.63) is 35.5 Å². The van der Waals surface area contributed by atoms with Gasteiger partial charge >= 0.3 is 0 Å². The fraction of sp³-hybridized carbons (Fsp3) is 0.389. The topological polar surface area (TPSA) is 85.5 Å². The molecule has 1 aromatic heterocycles. The molecule has 0 spiro atoms. The molecule has 3 rings (SSSR count). The molecule has 1 fully saturated rings. The molecule has 1 aliphatic rings. The van der Waals surface area contributed by atoms with Gasteiger partial charge in [-0.05, 0) is 44.0 Å². The highest BCUT2D eigenvalue weighted by Gasteiger charge is 2.31. The molecule has 0 bridgehead atoms. The fourth-order valence-electron chi connectivity index (χ4n) is 3.14. The Bertz CT molecular complexity index is 811. The van der Waals surface area contributed by atoms with Gasteiger partial charge in [-0.2, -0.15) is 0 Å². The van der Waals surface area contributed by atoms with Crippen LogP contribution in [0.25, 0.3) is 10.9 Å². The van der Waals surface area contributed by atoms with E-state index in [4.69, 9.17) is 22.1 Å². The number of halogens is 1. The maximum absolute atomic E-state index is 12.6. The summed E-state index contributed by atoms with van der Waals surface area (Å²) in [5, 5.41) is 1.35. The molecule has 2 heterocycles. The van der Waals surface area contributed by atoms with Crippen LogP contribution >= 0.6 is 11.6 Å². The van der Waals surface area contributed by atoms with Gasteiger partial charge in [0.15, 0.2) is 6.61 Å². The van der Waals surface area contributed by atoms with Crippen molar-refractivity contribution >= 4 is 34.3 Å². The first-order valence-electron chi connectivity index (χ1n) is 8.22. The zero-order chi connectivity index (χ0) is 18.0. The Balaban J connectivity index is 1.72. The van der Waals surface area contributed by atoms with E-state index in [2.05, 4.69) is 4.98 Å². The highest BCUT2D eigenvalue weighted by Crippen LogP contribution is 2.30. The normalized spacial score (nSPS) is 20.5. The number of rotatable bonds is 4. The van der Waals surface area contributed by atoms with Crippen molar-refractivity contribution in [2.75, 3.05) is 13.2 Å². The van der Waals surface area contributed by atoms with E-state index < -0.39 is 0 Å². The molecule has 0 radical (unpaired) electrons. The summed E-state index contributed by atoms with van der Waals surface area (Å²) in [6.07, 6.45) is 3.12. The minimum atomic E-state index is -0.362. The van der Waals surface area contributed by atoms with E-state index in [1.807, 2.05) is 13.0 Å². The molecule has 0 aliphatic carbocycles. The quantitative estimate of drug-likeness (QED) is 0.905. The monoisotopic (exact) mass is 361 g/mol. The molecule has 2 amide bonds. The van der Waals surface area contributed by atoms with Crippen LogP contribution in [0.2, 0.25) is 5.02 Å². The van der Waals surface area contributed by atoms with Gasteiger partial charge in [-0.15, -0.1) is 0 Å². The summed E-state index contributed by atoms with van der Waals surface area (Å²) in [7, 11) is 0. The first-order valence-corrected chi connectivity index (χ1v) is 8.60. The largest absolute Gasteiger partial charge is 0.481 e. The van der Waals surface area contributed by atoms with Crippen LogP contribution in [-0.4, -0.2) is 40.9 Å². The van der Waals surface area contributed by atoms with Crippen LogP contribution in [0.5, 0.6) is 5.75 Å². The number of aromatic nitrogens is 1. The van der Waals surface area contributed by atoms with E-state index in [1.54, 1.807) is 29.3 Å². The van der Waals surface area contributed by atoms with E-state index in [1.165, 1.54) is 0 Å². The van der Waals surface area contributed by atoms with E-state index >= 15 is 0 Å². The molecule has 6 nitrogen and oxygen atoms in total. The number of fused-ring (bicyclic) bond motifs is 1. The minimum absolute atomic E-state index is 0.0618. The van der Waals surface area contributed by atoms with Gasteiger partial charge in [-0.1, -0.05) is 11.6 Å². The molecular formula is C18H20ClN3O3. The molecule has 7 heteroatoms. The molecule has 1 aliphatic heterocycles. The van der Waals surface area contributed by atoms with E-state index in [0.717, 1.165) is 11.8 Å². The van der Waals surface area contributed by atoms with E-state index in [0.29, 0.717) is 29.3 Å². The predicted octanol–water partition coefficient (Wildman–Crippen LogP) is 2.38. The highest BCUT2D eigenvalue weighted by molar-refractivity contribution is 6.35. The summed E-state index contributed by atoms with van der Waals surface area (Å²) in [6, 6.07) is 7.13. The van der Waals surface area contributed by atoms with Gasteiger partial charge in [-0.25, -0.2) is 0 Å². The van der Waals surface area contributed by atoms with Crippen LogP contribution in [0.3, 0.4) is 0 Å². The van der Waals surface area contributed by atoms with Crippen LogP contribution in [0.1, 0.15) is 19.8 Å². The van der Waals surface area contributed by atoms with Crippen molar-refractivity contribution in [1.29, 1.82) is 0 Å². The van der Waals surface area contributed by atoms with Crippen molar-refractivity contribution in [3.8, 4) is 5.75 Å². The lowest BCUT2D eigenvalue weighted by molar-refractivity contribution is -0.139. The van der Waals surface area contributed by atoms with Crippen LogP contribution in [0.15, 0.2) is 30.5 Å². The Morgan fingerprint density at radius 3 is 2.92 bits per heavy atom. The molecule has 1 aromatic carbocycles. The van der Waals surface area contributed by atoms with Gasteiger partial charge in [0, 0.05) is 24.2 Å². The number of pyridine rings is 1. The molecule has 2 N–H and O–H groups in total. The lowest BCUT2D eigenvalue weighted by Crippen LogP contribution is -2.50. The second-order valence-electron chi connectivity index (χ2n) is 6.31. The third kappa shape index (κ3) is 3.69. The number of nitrogens with zero attached hydrogens (tertiary/aromatic N) is 2. The zero-order valence-electron chi connectivity index (χ0n) is 13.9. The first-order chi connectivity index (χ1) is 12.0. The molecule has 0 saturated carbocycles. The summed E-state index contributed by atoms with van der Waals surface area (Å²) < 4.78 is 5.70. The Hall–Kier alpha value is -2.34. The van der Waals surface area contributed by atoms with Crippen LogP contribution in [0, 0.1) is 5.92 Å². The Morgan fingerprint density at radius 1 is 1.36 bits per heavy atom. The molecule has 2 aromatic rings. The van der Waals surface area contributed by atoms with Gasteiger partial charge < -0.3 is 15.4 Å². The number of carbonyl (C=O) groups is 2. The summed E-state index contributed by atoms with van der Waals surface area (Å²) in [5.41, 5.74) is 6.00. The molecule has 2 atom stereocenters. The Kier molecular flexibility index (Phi) is 5.08. The Morgan fingerprint density at radius 2 is 2.16 bits per heavy atom. The number of primary amides is 1. The van der Waals surface area contributed by atoms with Crippen molar-refractivity contribution in [2.45, 2.75) is 25.8 Å². The molecule has 0 unspecified atom stereocenters. The van der Waals surface area contributed by atoms with E-state index in [-0.39, 0.29) is 30.4 Å². The third-order valence-electron chi connectivity index (χ3n) is 4.64. The number of likely N-dealkylation sites (tertiary alicyclic amines) is 1. The summed E-state index contributed by atoms with van der Waals surface area (Å²) in [5.74, 6) is -0.321. The summed E-state index contributed by atoms with van der Waals surface area (Å²) in [6.45, 7) is 2.19. The average molecular weight is 362 g/mol. The molecule has 25 heavy (non-hydrogen) atoms. The second-order valence-corrected chi connectivity index (χ2v) is 6.71. The van der Waals surface area contributed by atoms with Crippen molar-refractivity contribution < 1.29 is 14.3 Å². The van der Waals surface area contributed by atoms with Crippen molar-refractivity contribution in [3.63, 3.8) is 0 Å². The van der Waals surface area contributed by atoms with Crippen molar-refractivity contribution in [1.82, 2.24) is 9.88 Å². The SMILES string of the molecule is C[C@H]1CC[C@H](C(N)=O)CN1C(=O)COc1ccc(Cl)c2cccnc12. The highest BCUT2D eigenvalue weighted by atomic mass is 35.5. The van der Waals surface area contributed by atoms with Crippen LogP contribution in [0.4, 0.5) is 0 Å². The lowest BCUT2D eigenvalue weighted by Gasteiger charge is -2.36. The molecule has 132 valence electrons. The first kappa shape index (κ1) is 17.5. The number of hydrogen-bond acceptors (Lipinski definition) is 4. The lowest BCUT2D eigenvalue weighted by atomic mass is 9.93. The maximum atomic E-state index is 12.6. The maximum Gasteiger partial charge on any atom is 0.260 e. The number of hydrogen-bond donors (Lipinski definition) is 1. The third-order valence-corrected chi connectivity index (χ3v) is 4.96. The van der Waals surface area contributed by atoms with Gasteiger partial charge in [0.05, 0.1) is 10.9 Å². The molecular weight excluding hydrogens is 342 g/mol. The number of nitrogens with two attached hydrogens (primary N) is 1. The predicted molar refractivity (Wildman–Crippen MR) is 95.3 cm³/mol.